The molecule has 2 rings (SSSR count). The van der Waals surface area contributed by atoms with Crippen LogP contribution in [-0.2, 0) is 14.9 Å². The molecule has 0 bridgehead atoms. The summed E-state index contributed by atoms with van der Waals surface area (Å²) in [6, 6.07) is 0. The van der Waals surface area contributed by atoms with Gasteiger partial charge in [-0.2, -0.15) is 4.58 Å². The van der Waals surface area contributed by atoms with E-state index >= 15 is 0 Å². The van der Waals surface area contributed by atoms with Gasteiger partial charge in [0.2, 0.25) is 0 Å². The number of nitrogens with zero attached hydrogens (tertiary/aromatic N) is 1. The predicted molar refractivity (Wildman–Crippen MR) is 68.9 cm³/mol. The maximum absolute atomic E-state index is 9.08. The van der Waals surface area contributed by atoms with Crippen LogP contribution in [0.5, 0.6) is 0 Å². The van der Waals surface area contributed by atoms with Crippen LogP contribution >= 0.6 is 0 Å². The highest BCUT2D eigenvalue weighted by Crippen LogP contribution is 2.29. The summed E-state index contributed by atoms with van der Waals surface area (Å²) in [5.74, 6) is 1.27. The van der Waals surface area contributed by atoms with Crippen molar-refractivity contribution in [1.29, 1.82) is 0 Å². The van der Waals surface area contributed by atoms with Gasteiger partial charge >= 0.3 is 5.90 Å². The normalized spacial score (nSPS) is 21.8. The first-order valence-corrected chi connectivity index (χ1v) is 8.32. The first-order valence-electron chi connectivity index (χ1n) is 6.50. The average molecular weight is 277 g/mol. The van der Waals surface area contributed by atoms with Gasteiger partial charge in [0.15, 0.2) is 12.1 Å². The highest BCUT2D eigenvalue weighted by molar-refractivity contribution is 7.84. The molecule has 0 unspecified atom stereocenters. The van der Waals surface area contributed by atoms with Crippen LogP contribution in [0.2, 0.25) is 0 Å². The Hall–Kier alpha value is -0.620. The van der Waals surface area contributed by atoms with Crippen molar-refractivity contribution in [3.63, 3.8) is 0 Å². The van der Waals surface area contributed by atoms with Gasteiger partial charge in [0.25, 0.3) is 0 Å². The lowest BCUT2D eigenvalue weighted by Gasteiger charge is -2.21. The van der Waals surface area contributed by atoms with Crippen molar-refractivity contribution in [1.82, 2.24) is 0 Å². The molecule has 0 amide bonds. The van der Waals surface area contributed by atoms with Gasteiger partial charge in [0, 0.05) is 12.7 Å². The maximum Gasteiger partial charge on any atom is 0.337 e. The van der Waals surface area contributed by atoms with Crippen molar-refractivity contribution in [3.8, 4) is 0 Å². The van der Waals surface area contributed by atoms with Gasteiger partial charge in [-0.3, -0.25) is 0 Å². The molecule has 0 saturated heterocycles. The van der Waals surface area contributed by atoms with E-state index in [0.29, 0.717) is 6.26 Å². The van der Waals surface area contributed by atoms with E-state index in [-0.39, 0.29) is 5.60 Å². The zero-order chi connectivity index (χ0) is 13.8. The fourth-order valence-corrected chi connectivity index (χ4v) is 2.39. The van der Waals surface area contributed by atoms with E-state index < -0.39 is 10.1 Å². The molecular weight excluding hydrogens is 254 g/mol. The summed E-state index contributed by atoms with van der Waals surface area (Å²) < 4.78 is 35.8. The van der Waals surface area contributed by atoms with E-state index in [1.807, 2.05) is 0 Å². The van der Waals surface area contributed by atoms with Gasteiger partial charge in [0.1, 0.15) is 6.54 Å². The van der Waals surface area contributed by atoms with Crippen molar-refractivity contribution in [2.45, 2.75) is 51.6 Å². The summed E-state index contributed by atoms with van der Waals surface area (Å²) in [6.07, 6.45) is 6.72. The van der Waals surface area contributed by atoms with Gasteiger partial charge in [-0.25, -0.2) is 8.42 Å². The van der Waals surface area contributed by atoms with Crippen molar-refractivity contribution >= 4 is 16.0 Å². The largest absolute Gasteiger partial charge is 0.748 e. The number of hydrogen-bond donors (Lipinski definition) is 0. The van der Waals surface area contributed by atoms with E-state index in [4.69, 9.17) is 17.7 Å². The summed E-state index contributed by atoms with van der Waals surface area (Å²) in [5, 5.41) is 0. The highest BCUT2D eigenvalue weighted by atomic mass is 32.2. The Labute approximate surface area is 110 Å². The first-order chi connectivity index (χ1) is 8.29. The topological polar surface area (TPSA) is 69.4 Å². The molecule has 0 aromatic heterocycles. The van der Waals surface area contributed by atoms with Gasteiger partial charge in [-0.15, -0.1) is 0 Å². The van der Waals surface area contributed by atoms with Gasteiger partial charge in [-0.05, 0) is 19.3 Å². The van der Waals surface area contributed by atoms with Crippen molar-refractivity contribution in [2.24, 2.45) is 0 Å². The lowest BCUT2D eigenvalue weighted by atomic mass is 9.98. The fraction of sp³-hybridized carbons (Fsp3) is 0.917. The lowest BCUT2D eigenvalue weighted by Crippen LogP contribution is -2.33. The molecule has 0 N–H and O–H groups in total. The molecule has 5 nitrogen and oxygen atoms in total. The molecule has 18 heavy (non-hydrogen) atoms. The molecule has 0 aliphatic carbocycles. The van der Waals surface area contributed by atoms with Crippen LogP contribution in [0.4, 0.5) is 0 Å². The van der Waals surface area contributed by atoms with Gasteiger partial charge < -0.3 is 9.29 Å². The van der Waals surface area contributed by atoms with Crippen LogP contribution < -0.4 is 0 Å². The van der Waals surface area contributed by atoms with Crippen molar-refractivity contribution in [3.05, 3.63) is 0 Å². The minimum Gasteiger partial charge on any atom is -0.748 e. The van der Waals surface area contributed by atoms with Crippen LogP contribution in [0.25, 0.3) is 0 Å². The Morgan fingerprint density at radius 2 is 1.89 bits per heavy atom. The molecule has 0 fully saturated rings. The molecular formula is C12H23NO4S. The Morgan fingerprint density at radius 1 is 1.33 bits per heavy atom. The zero-order valence-corrected chi connectivity index (χ0v) is 12.3. The molecule has 0 aromatic rings. The molecule has 0 saturated carbocycles. The minimum atomic E-state index is -3.92. The van der Waals surface area contributed by atoms with E-state index in [1.165, 1.54) is 31.7 Å². The second-order valence-corrected chi connectivity index (χ2v) is 6.38. The molecule has 0 radical (unpaired) electrons. The molecule has 0 atom stereocenters. The van der Waals surface area contributed by atoms with E-state index in [0.717, 1.165) is 19.4 Å². The maximum atomic E-state index is 9.08. The average Bonchev–Trinajstić information content (AvgIpc) is 2.66. The first kappa shape index (κ1) is 15.4. The number of hydrogen-bond acceptors (Lipinski definition) is 4. The second-order valence-electron chi connectivity index (χ2n) is 4.97. The van der Waals surface area contributed by atoms with Gasteiger partial charge in [-0.1, -0.05) is 13.8 Å². The van der Waals surface area contributed by atoms with Crippen LogP contribution in [0.3, 0.4) is 0 Å². The highest BCUT2D eigenvalue weighted by Gasteiger charge is 2.44. The number of ether oxygens (including phenoxy) is 1. The smallest absolute Gasteiger partial charge is 0.337 e. The van der Waals surface area contributed by atoms with E-state index in [9.17, 15) is 0 Å². The second kappa shape index (κ2) is 6.02. The molecule has 2 aliphatic heterocycles. The van der Waals surface area contributed by atoms with Gasteiger partial charge in [0.05, 0.1) is 16.5 Å². The third-order valence-corrected chi connectivity index (χ3v) is 3.52. The third kappa shape index (κ3) is 4.57. The third-order valence-electron chi connectivity index (χ3n) is 3.52. The molecule has 106 valence electrons. The van der Waals surface area contributed by atoms with Crippen LogP contribution in [0.15, 0.2) is 0 Å². The molecule has 0 aromatic carbocycles. The van der Waals surface area contributed by atoms with Crippen molar-refractivity contribution in [2.75, 3.05) is 19.3 Å². The lowest BCUT2D eigenvalue weighted by molar-refractivity contribution is -0.530. The summed E-state index contributed by atoms with van der Waals surface area (Å²) in [7, 11) is -3.92. The van der Waals surface area contributed by atoms with E-state index in [2.05, 4.69) is 18.4 Å². The van der Waals surface area contributed by atoms with Crippen LogP contribution in [0.1, 0.15) is 46.0 Å². The summed E-state index contributed by atoms with van der Waals surface area (Å²) in [4.78, 5) is 0. The Bertz CT molecular complexity index is 382. The Kier molecular flexibility index (Phi) is 5.16. The Balaban J connectivity index is 0.000000280. The Morgan fingerprint density at radius 3 is 2.33 bits per heavy atom. The zero-order valence-electron chi connectivity index (χ0n) is 11.4. The molecule has 2 heterocycles. The summed E-state index contributed by atoms with van der Waals surface area (Å²) in [6.45, 7) is 6.83. The minimum absolute atomic E-state index is 0.152. The van der Waals surface area contributed by atoms with Crippen molar-refractivity contribution < 1.29 is 22.3 Å². The SMILES string of the molecule is CCC1(CC)C[N+]2=C(CCCC2)O1.CS(=O)(=O)[O-]. The van der Waals surface area contributed by atoms with Crippen LogP contribution in [0, 0.1) is 0 Å². The quantitative estimate of drug-likeness (QED) is 0.564. The standard InChI is InChI=1S/C11H20NO.CH4O3S/c1-3-11(4-2)9-12-8-6-5-7-10(12)13-11;1-5(2,3)4/h3-9H2,1-2H3;1H3,(H,2,3,4)/q+1;/p-1. The summed E-state index contributed by atoms with van der Waals surface area (Å²) in [5.41, 5.74) is 0.152. The van der Waals surface area contributed by atoms with E-state index in [1.54, 1.807) is 0 Å². The molecule has 6 heteroatoms. The summed E-state index contributed by atoms with van der Waals surface area (Å²) >= 11 is 0. The monoisotopic (exact) mass is 277 g/mol. The molecule has 2 aliphatic rings. The van der Waals surface area contributed by atoms with Crippen LogP contribution in [-0.4, -0.2) is 48.4 Å². The molecule has 0 spiro atoms. The predicted octanol–water partition coefficient (Wildman–Crippen LogP) is 1.33. The number of rotatable bonds is 2. The fourth-order valence-electron chi connectivity index (χ4n) is 2.39.